The van der Waals surface area contributed by atoms with Crippen LogP contribution < -0.4 is 5.32 Å². The highest BCUT2D eigenvalue weighted by Gasteiger charge is 2.30. The zero-order valence-electron chi connectivity index (χ0n) is 16.3. The number of fused-ring (bicyclic) bond motifs is 1. The molecule has 2 aromatic heterocycles. The van der Waals surface area contributed by atoms with E-state index in [0.717, 1.165) is 54.4 Å². The molecule has 3 heterocycles. The molecule has 0 amide bonds. The summed E-state index contributed by atoms with van der Waals surface area (Å²) in [7, 11) is -3.08. The second-order valence-electron chi connectivity index (χ2n) is 7.77. The minimum absolute atomic E-state index is 0.274. The number of anilines is 1. The molecule has 0 bridgehead atoms. The molecule has 1 N–H and O–H groups in total. The molecule has 4 rings (SSSR count). The smallest absolute Gasteiger partial charge is 0.211 e. The molecular formula is C19H24BrN5O3S. The third-order valence-corrected chi connectivity index (χ3v) is 8.03. The van der Waals surface area contributed by atoms with Crippen molar-refractivity contribution in [1.82, 2.24) is 14.2 Å². The van der Waals surface area contributed by atoms with Crippen molar-refractivity contribution in [2.24, 2.45) is 0 Å². The molecule has 2 aromatic rings. The van der Waals surface area contributed by atoms with E-state index >= 15 is 0 Å². The van der Waals surface area contributed by atoms with Gasteiger partial charge in [0.15, 0.2) is 5.58 Å². The van der Waals surface area contributed by atoms with Gasteiger partial charge < -0.3 is 9.73 Å². The third kappa shape index (κ3) is 4.43. The fourth-order valence-corrected chi connectivity index (χ4v) is 5.67. The van der Waals surface area contributed by atoms with Crippen LogP contribution in [0.1, 0.15) is 31.4 Å². The first-order valence-corrected chi connectivity index (χ1v) is 12.4. The van der Waals surface area contributed by atoms with E-state index in [-0.39, 0.29) is 5.76 Å². The number of hydrogen-bond donors (Lipinski definition) is 1. The summed E-state index contributed by atoms with van der Waals surface area (Å²) >= 11 is 3.59. The number of sulfonamides is 1. The van der Waals surface area contributed by atoms with E-state index in [2.05, 4.69) is 31.1 Å². The van der Waals surface area contributed by atoms with Gasteiger partial charge in [0.05, 0.1) is 16.9 Å². The molecule has 2 fully saturated rings. The number of nitrogens with one attached hydrogen (secondary N) is 1. The average molecular weight is 482 g/mol. The molecule has 156 valence electrons. The molecule has 0 radical (unpaired) electrons. The summed E-state index contributed by atoms with van der Waals surface area (Å²) in [4.78, 5) is 6.89. The molecular weight excluding hydrogens is 458 g/mol. The van der Waals surface area contributed by atoms with Gasteiger partial charge in [-0.25, -0.2) is 13.4 Å². The van der Waals surface area contributed by atoms with Gasteiger partial charge in [0.2, 0.25) is 15.8 Å². The van der Waals surface area contributed by atoms with Crippen LogP contribution in [-0.2, 0) is 10.0 Å². The van der Waals surface area contributed by atoms with Crippen LogP contribution in [0.3, 0.4) is 0 Å². The molecule has 29 heavy (non-hydrogen) atoms. The Hall–Kier alpha value is -1.67. The monoisotopic (exact) mass is 481 g/mol. The first-order chi connectivity index (χ1) is 13.8. The Morgan fingerprint density at radius 1 is 1.24 bits per heavy atom. The van der Waals surface area contributed by atoms with Gasteiger partial charge in [-0.3, -0.25) is 4.90 Å². The lowest BCUT2D eigenvalue weighted by atomic mass is 9.90. The van der Waals surface area contributed by atoms with Crippen molar-refractivity contribution in [3.8, 4) is 6.07 Å². The number of furan rings is 1. The molecule has 1 saturated carbocycles. The van der Waals surface area contributed by atoms with Gasteiger partial charge in [0.25, 0.3) is 0 Å². The molecule has 0 spiro atoms. The van der Waals surface area contributed by atoms with Crippen molar-refractivity contribution in [1.29, 1.82) is 5.26 Å². The molecule has 10 heteroatoms. The van der Waals surface area contributed by atoms with Gasteiger partial charge in [-0.2, -0.15) is 9.57 Å². The fraction of sp³-hybridized carbons (Fsp3) is 0.579. The Morgan fingerprint density at radius 3 is 2.55 bits per heavy atom. The van der Waals surface area contributed by atoms with Crippen molar-refractivity contribution in [3.05, 3.63) is 22.5 Å². The summed E-state index contributed by atoms with van der Waals surface area (Å²) in [6.07, 6.45) is 7.18. The van der Waals surface area contributed by atoms with Crippen molar-refractivity contribution in [2.75, 3.05) is 37.8 Å². The standard InChI is InChI=1S/C19H24BrN5O3S/c1-29(26,27)25-8-6-24(7-9-25)14-4-2-13(3-5-14)23-19-18(20)16-10-15(11-21)28-17(16)12-22-19/h10,12-14H,2-9H2,1H3,(H,22,23). The molecule has 1 aliphatic heterocycles. The summed E-state index contributed by atoms with van der Waals surface area (Å²) in [5, 5.41) is 13.4. The predicted molar refractivity (Wildman–Crippen MR) is 114 cm³/mol. The van der Waals surface area contributed by atoms with E-state index < -0.39 is 10.0 Å². The number of nitrogens with zero attached hydrogens (tertiary/aromatic N) is 4. The lowest BCUT2D eigenvalue weighted by Crippen LogP contribution is -2.52. The van der Waals surface area contributed by atoms with Gasteiger partial charge in [0, 0.05) is 49.7 Å². The van der Waals surface area contributed by atoms with Gasteiger partial charge in [-0.1, -0.05) is 0 Å². The van der Waals surface area contributed by atoms with E-state index in [4.69, 9.17) is 9.68 Å². The van der Waals surface area contributed by atoms with E-state index in [9.17, 15) is 8.42 Å². The highest BCUT2D eigenvalue weighted by atomic mass is 79.9. The zero-order valence-corrected chi connectivity index (χ0v) is 18.7. The van der Waals surface area contributed by atoms with Crippen LogP contribution in [0.2, 0.25) is 0 Å². The Kier molecular flexibility index (Phi) is 5.84. The zero-order chi connectivity index (χ0) is 20.6. The second kappa shape index (κ2) is 8.22. The van der Waals surface area contributed by atoms with Crippen LogP contribution in [0.5, 0.6) is 0 Å². The topological polar surface area (TPSA) is 102 Å². The molecule has 0 unspecified atom stereocenters. The Morgan fingerprint density at radius 2 is 1.93 bits per heavy atom. The number of aromatic nitrogens is 1. The van der Waals surface area contributed by atoms with Gasteiger partial charge in [-0.05, 0) is 41.6 Å². The molecule has 0 atom stereocenters. The normalized spacial score (nSPS) is 24.4. The lowest BCUT2D eigenvalue weighted by molar-refractivity contribution is 0.109. The Labute approximate surface area is 179 Å². The van der Waals surface area contributed by atoms with Crippen LogP contribution in [0.4, 0.5) is 5.82 Å². The number of pyridine rings is 1. The van der Waals surface area contributed by atoms with Gasteiger partial charge >= 0.3 is 0 Å². The fourth-order valence-electron chi connectivity index (χ4n) is 4.31. The molecule has 2 aliphatic rings. The van der Waals surface area contributed by atoms with Crippen LogP contribution in [0.15, 0.2) is 21.2 Å². The molecule has 1 aliphatic carbocycles. The average Bonchev–Trinajstić information content (AvgIpc) is 3.14. The quantitative estimate of drug-likeness (QED) is 0.715. The Balaban J connectivity index is 1.33. The minimum atomic E-state index is -3.08. The first-order valence-electron chi connectivity index (χ1n) is 9.79. The maximum absolute atomic E-state index is 11.7. The van der Waals surface area contributed by atoms with Crippen molar-refractivity contribution in [3.63, 3.8) is 0 Å². The molecule has 8 nitrogen and oxygen atoms in total. The highest BCUT2D eigenvalue weighted by molar-refractivity contribution is 9.10. The number of nitriles is 1. The second-order valence-corrected chi connectivity index (χ2v) is 10.5. The first kappa shape index (κ1) is 20.6. The van der Waals surface area contributed by atoms with Crippen LogP contribution in [0, 0.1) is 11.3 Å². The number of rotatable bonds is 4. The van der Waals surface area contributed by atoms with Crippen molar-refractivity contribution >= 4 is 42.7 Å². The van der Waals surface area contributed by atoms with Gasteiger partial charge in [0.1, 0.15) is 11.9 Å². The molecule has 1 saturated heterocycles. The summed E-state index contributed by atoms with van der Waals surface area (Å²) < 4.78 is 31.2. The summed E-state index contributed by atoms with van der Waals surface area (Å²) in [6.45, 7) is 2.79. The largest absolute Gasteiger partial charge is 0.444 e. The van der Waals surface area contributed by atoms with E-state index in [1.807, 2.05) is 6.07 Å². The van der Waals surface area contributed by atoms with Crippen LogP contribution in [-0.4, -0.2) is 67.1 Å². The van der Waals surface area contributed by atoms with Crippen molar-refractivity contribution in [2.45, 2.75) is 37.8 Å². The van der Waals surface area contributed by atoms with Crippen molar-refractivity contribution < 1.29 is 12.8 Å². The highest BCUT2D eigenvalue weighted by Crippen LogP contribution is 2.34. The predicted octanol–water partition coefficient (Wildman–Crippen LogP) is 2.76. The number of halogens is 1. The SMILES string of the molecule is CS(=O)(=O)N1CCN(C2CCC(Nc3ncc4oc(C#N)cc4c3Br)CC2)CC1. The third-order valence-electron chi connectivity index (χ3n) is 5.92. The maximum atomic E-state index is 11.7. The minimum Gasteiger partial charge on any atom is -0.444 e. The summed E-state index contributed by atoms with van der Waals surface area (Å²) in [5.74, 6) is 1.05. The van der Waals surface area contributed by atoms with E-state index in [1.165, 1.54) is 6.26 Å². The van der Waals surface area contributed by atoms with E-state index in [1.54, 1.807) is 16.6 Å². The lowest BCUT2D eigenvalue weighted by Gasteiger charge is -2.41. The van der Waals surface area contributed by atoms with E-state index in [0.29, 0.717) is 30.8 Å². The van der Waals surface area contributed by atoms with Crippen LogP contribution in [0.25, 0.3) is 11.0 Å². The van der Waals surface area contributed by atoms with Crippen LogP contribution >= 0.6 is 15.9 Å². The molecule has 0 aromatic carbocycles. The number of hydrogen-bond acceptors (Lipinski definition) is 7. The summed E-state index contributed by atoms with van der Waals surface area (Å²) in [5.41, 5.74) is 0.593. The maximum Gasteiger partial charge on any atom is 0.211 e. The van der Waals surface area contributed by atoms with Gasteiger partial charge in [-0.15, -0.1) is 0 Å². The Bertz CT molecular complexity index is 1030. The number of piperazine rings is 1. The summed E-state index contributed by atoms with van der Waals surface area (Å²) in [6, 6.07) is 4.59.